The number of nitrogens with zero attached hydrogens (tertiary/aromatic N) is 2. The Morgan fingerprint density at radius 1 is 1.65 bits per heavy atom. The number of carbonyl (C=O) groups is 1. The van der Waals surface area contributed by atoms with Crippen molar-refractivity contribution in [2.45, 2.75) is 45.7 Å². The smallest absolute Gasteiger partial charge is 0.356 e. The second-order valence-corrected chi connectivity index (χ2v) is 4.56. The summed E-state index contributed by atoms with van der Waals surface area (Å²) >= 11 is 0. The van der Waals surface area contributed by atoms with Crippen molar-refractivity contribution >= 4 is 5.97 Å². The number of fused-ring (bicyclic) bond motifs is 1. The van der Waals surface area contributed by atoms with Gasteiger partial charge in [0.25, 0.3) is 0 Å². The molecule has 0 bridgehead atoms. The van der Waals surface area contributed by atoms with Gasteiger partial charge in [0, 0.05) is 12.6 Å². The summed E-state index contributed by atoms with van der Waals surface area (Å²) in [7, 11) is 0. The van der Waals surface area contributed by atoms with Gasteiger partial charge in [-0.05, 0) is 32.7 Å². The molecule has 0 saturated heterocycles. The second-order valence-electron chi connectivity index (χ2n) is 4.56. The molecular formula is C12H19N3O2. The predicted molar refractivity (Wildman–Crippen MR) is 64.3 cm³/mol. The molecule has 0 aliphatic carbocycles. The maximum Gasteiger partial charge on any atom is 0.356 e. The molecule has 0 radical (unpaired) electrons. The Hall–Kier alpha value is -1.36. The molecule has 5 heteroatoms. The first-order valence-electron chi connectivity index (χ1n) is 6.16. The van der Waals surface area contributed by atoms with Crippen LogP contribution in [-0.4, -0.2) is 33.2 Å². The summed E-state index contributed by atoms with van der Waals surface area (Å²) in [4.78, 5) is 15.2. The van der Waals surface area contributed by atoms with Crippen LogP contribution in [0.25, 0.3) is 0 Å². The first-order valence-corrected chi connectivity index (χ1v) is 6.16. The van der Waals surface area contributed by atoms with E-state index in [9.17, 15) is 4.79 Å². The van der Waals surface area contributed by atoms with E-state index in [0.717, 1.165) is 43.9 Å². The zero-order valence-corrected chi connectivity index (χ0v) is 10.4. The van der Waals surface area contributed by atoms with Crippen LogP contribution < -0.4 is 5.32 Å². The van der Waals surface area contributed by atoms with E-state index in [0.29, 0.717) is 6.04 Å². The van der Waals surface area contributed by atoms with Crippen molar-refractivity contribution in [1.82, 2.24) is 14.9 Å². The van der Waals surface area contributed by atoms with Crippen LogP contribution in [0.1, 0.15) is 41.8 Å². The van der Waals surface area contributed by atoms with Crippen LogP contribution >= 0.6 is 0 Å². The van der Waals surface area contributed by atoms with Gasteiger partial charge in [0.05, 0.1) is 5.69 Å². The average molecular weight is 237 g/mol. The lowest BCUT2D eigenvalue weighted by Gasteiger charge is -2.26. The van der Waals surface area contributed by atoms with Crippen LogP contribution in [0.2, 0.25) is 0 Å². The molecule has 2 rings (SSSR count). The van der Waals surface area contributed by atoms with Gasteiger partial charge in [-0.2, -0.15) is 0 Å². The van der Waals surface area contributed by atoms with Gasteiger partial charge in [0.1, 0.15) is 5.82 Å². The number of hydrogen-bond acceptors (Lipinski definition) is 3. The highest BCUT2D eigenvalue weighted by atomic mass is 16.4. The first kappa shape index (κ1) is 12.1. The van der Waals surface area contributed by atoms with Crippen LogP contribution in [0.4, 0.5) is 0 Å². The van der Waals surface area contributed by atoms with E-state index in [1.165, 1.54) is 0 Å². The summed E-state index contributed by atoms with van der Waals surface area (Å²) in [5.74, 6) is -0.109. The Morgan fingerprint density at radius 2 is 2.41 bits per heavy atom. The molecule has 2 N–H and O–H groups in total. The van der Waals surface area contributed by atoms with Crippen molar-refractivity contribution in [1.29, 1.82) is 0 Å². The van der Waals surface area contributed by atoms with Crippen LogP contribution in [0.15, 0.2) is 0 Å². The number of rotatable bonds is 4. The standard InChI is InChI=1S/C12H19N3O2/c1-3-6-13-9-4-5-10-11(12(16)17)14-8(2)15(10)7-9/h9,13H,3-7H2,1-2H3,(H,16,17). The number of carboxylic acid groups (broad SMARTS) is 1. The fraction of sp³-hybridized carbons (Fsp3) is 0.667. The molecule has 1 aliphatic rings. The number of aryl methyl sites for hydroxylation is 1. The van der Waals surface area contributed by atoms with Gasteiger partial charge in [-0.1, -0.05) is 6.92 Å². The predicted octanol–water partition coefficient (Wildman–Crippen LogP) is 1.20. The number of carboxylic acids is 1. The quantitative estimate of drug-likeness (QED) is 0.826. The second kappa shape index (κ2) is 4.87. The van der Waals surface area contributed by atoms with Gasteiger partial charge < -0.3 is 15.0 Å². The zero-order valence-electron chi connectivity index (χ0n) is 10.4. The van der Waals surface area contributed by atoms with Crippen molar-refractivity contribution in [3.05, 3.63) is 17.2 Å². The lowest BCUT2D eigenvalue weighted by atomic mass is 10.0. The Morgan fingerprint density at radius 3 is 3.06 bits per heavy atom. The highest BCUT2D eigenvalue weighted by Gasteiger charge is 2.26. The summed E-state index contributed by atoms with van der Waals surface area (Å²) in [6, 6.07) is 0.442. The lowest BCUT2D eigenvalue weighted by Crippen LogP contribution is -2.38. The third-order valence-electron chi connectivity index (χ3n) is 3.28. The summed E-state index contributed by atoms with van der Waals surface area (Å²) in [5.41, 5.74) is 1.11. The van der Waals surface area contributed by atoms with Crippen molar-refractivity contribution in [2.24, 2.45) is 0 Å². The molecule has 1 aliphatic heterocycles. The molecule has 1 aromatic rings. The summed E-state index contributed by atoms with van der Waals surface area (Å²) in [5, 5.41) is 12.6. The Labute approximate surface area is 101 Å². The highest BCUT2D eigenvalue weighted by molar-refractivity contribution is 5.86. The fourth-order valence-corrected chi connectivity index (χ4v) is 2.41. The van der Waals surface area contributed by atoms with Crippen molar-refractivity contribution in [3.8, 4) is 0 Å². The van der Waals surface area contributed by atoms with E-state index < -0.39 is 5.97 Å². The van der Waals surface area contributed by atoms with E-state index >= 15 is 0 Å². The van der Waals surface area contributed by atoms with Gasteiger partial charge in [-0.15, -0.1) is 0 Å². The molecule has 0 spiro atoms. The molecule has 2 heterocycles. The van der Waals surface area contributed by atoms with E-state index in [4.69, 9.17) is 5.11 Å². The van der Waals surface area contributed by atoms with Crippen LogP contribution in [0.5, 0.6) is 0 Å². The maximum atomic E-state index is 11.0. The maximum absolute atomic E-state index is 11.0. The first-order chi connectivity index (χ1) is 8.13. The topological polar surface area (TPSA) is 67.2 Å². The minimum absolute atomic E-state index is 0.233. The largest absolute Gasteiger partial charge is 0.476 e. The molecule has 5 nitrogen and oxygen atoms in total. The molecule has 94 valence electrons. The lowest BCUT2D eigenvalue weighted by molar-refractivity contribution is 0.0689. The minimum Gasteiger partial charge on any atom is -0.476 e. The summed E-state index contributed by atoms with van der Waals surface area (Å²) in [6.45, 7) is 5.87. The third-order valence-corrected chi connectivity index (χ3v) is 3.28. The van der Waals surface area contributed by atoms with Crippen molar-refractivity contribution in [3.63, 3.8) is 0 Å². The van der Waals surface area contributed by atoms with Gasteiger partial charge in [-0.3, -0.25) is 0 Å². The molecule has 0 fully saturated rings. The molecule has 0 amide bonds. The van der Waals surface area contributed by atoms with Crippen molar-refractivity contribution in [2.75, 3.05) is 6.54 Å². The number of aromatic nitrogens is 2. The number of aromatic carboxylic acids is 1. The van der Waals surface area contributed by atoms with E-state index in [1.807, 2.05) is 11.5 Å². The fourth-order valence-electron chi connectivity index (χ4n) is 2.41. The molecule has 1 atom stereocenters. The van der Waals surface area contributed by atoms with Gasteiger partial charge >= 0.3 is 5.97 Å². The van der Waals surface area contributed by atoms with Gasteiger partial charge in [-0.25, -0.2) is 9.78 Å². The number of imidazole rings is 1. The van der Waals surface area contributed by atoms with Crippen molar-refractivity contribution < 1.29 is 9.90 Å². The molecule has 1 aromatic heterocycles. The van der Waals surface area contributed by atoms with Gasteiger partial charge in [0.15, 0.2) is 5.69 Å². The van der Waals surface area contributed by atoms with Crippen LogP contribution in [0, 0.1) is 6.92 Å². The number of nitrogens with one attached hydrogen (secondary N) is 1. The minimum atomic E-state index is -0.915. The summed E-state index contributed by atoms with van der Waals surface area (Å²) in [6.07, 6.45) is 2.90. The van der Waals surface area contributed by atoms with E-state index in [1.54, 1.807) is 0 Å². The third kappa shape index (κ3) is 2.34. The van der Waals surface area contributed by atoms with E-state index in [-0.39, 0.29) is 5.69 Å². The van der Waals surface area contributed by atoms with Gasteiger partial charge in [0.2, 0.25) is 0 Å². The zero-order chi connectivity index (χ0) is 12.4. The van der Waals surface area contributed by atoms with E-state index in [2.05, 4.69) is 17.2 Å². The molecule has 0 saturated carbocycles. The molecule has 1 unspecified atom stereocenters. The SMILES string of the molecule is CCCNC1CCc2c(C(=O)O)nc(C)n2C1. The van der Waals surface area contributed by atoms with Crippen LogP contribution in [0.3, 0.4) is 0 Å². The molecule has 17 heavy (non-hydrogen) atoms. The average Bonchev–Trinajstić information content (AvgIpc) is 2.64. The molecule has 0 aromatic carbocycles. The monoisotopic (exact) mass is 237 g/mol. The normalized spacial score (nSPS) is 19.1. The number of hydrogen-bond donors (Lipinski definition) is 2. The summed E-state index contributed by atoms with van der Waals surface area (Å²) < 4.78 is 2.04. The Balaban J connectivity index is 2.18. The Bertz CT molecular complexity index is 426. The van der Waals surface area contributed by atoms with Crippen LogP contribution in [-0.2, 0) is 13.0 Å². The highest BCUT2D eigenvalue weighted by Crippen LogP contribution is 2.21. The molecular weight excluding hydrogens is 218 g/mol. The Kier molecular flexibility index (Phi) is 3.47.